The Balaban J connectivity index is 1.76. The van der Waals surface area contributed by atoms with E-state index in [1.54, 1.807) is 0 Å². The Bertz CT molecular complexity index is 395. The molecule has 0 bridgehead atoms. The van der Waals surface area contributed by atoms with Crippen LogP contribution in [-0.4, -0.2) is 67.5 Å². The predicted molar refractivity (Wildman–Crippen MR) is 82.7 cm³/mol. The van der Waals surface area contributed by atoms with Gasteiger partial charge < -0.3 is 10.2 Å². The fourth-order valence-corrected chi connectivity index (χ4v) is 5.31. The van der Waals surface area contributed by atoms with Gasteiger partial charge in [-0.3, -0.25) is 0 Å². The lowest BCUT2D eigenvalue weighted by Gasteiger charge is -2.27. The van der Waals surface area contributed by atoms with Crippen molar-refractivity contribution >= 4 is 21.6 Å². The van der Waals surface area contributed by atoms with Crippen molar-refractivity contribution in [3.8, 4) is 0 Å². The van der Waals surface area contributed by atoms with Gasteiger partial charge in [-0.2, -0.15) is 11.8 Å². The van der Waals surface area contributed by atoms with Crippen LogP contribution in [0, 0.1) is 0 Å². The molecule has 2 aliphatic heterocycles. The molecule has 2 saturated heterocycles. The summed E-state index contributed by atoms with van der Waals surface area (Å²) in [5.74, 6) is 1.81. The van der Waals surface area contributed by atoms with Gasteiger partial charge in [0.1, 0.15) is 0 Å². The first-order valence-electron chi connectivity index (χ1n) is 7.16. The highest BCUT2D eigenvalue weighted by atomic mass is 32.2. The Morgan fingerprint density at radius 3 is 2.89 bits per heavy atom. The molecule has 0 amide bonds. The number of nitrogens with one attached hydrogen (secondary N) is 1. The predicted octanol–water partition coefficient (Wildman–Crippen LogP) is 0.981. The molecular weight excluding hydrogens is 280 g/mol. The average Bonchev–Trinajstić information content (AvgIpc) is 2.47. The van der Waals surface area contributed by atoms with Crippen molar-refractivity contribution in [2.45, 2.75) is 37.5 Å². The summed E-state index contributed by atoms with van der Waals surface area (Å²) >= 11 is 2.05. The lowest BCUT2D eigenvalue weighted by Crippen LogP contribution is -2.46. The van der Waals surface area contributed by atoms with Crippen molar-refractivity contribution in [3.05, 3.63) is 0 Å². The quantitative estimate of drug-likeness (QED) is 0.842. The van der Waals surface area contributed by atoms with Crippen LogP contribution in [0.5, 0.6) is 0 Å². The summed E-state index contributed by atoms with van der Waals surface area (Å²) in [7, 11) is -2.80. The number of sulfone groups is 1. The summed E-state index contributed by atoms with van der Waals surface area (Å²) in [6, 6.07) is 0.155. The van der Waals surface area contributed by atoms with Crippen molar-refractivity contribution in [1.29, 1.82) is 0 Å². The van der Waals surface area contributed by atoms with Crippen LogP contribution < -0.4 is 5.32 Å². The van der Waals surface area contributed by atoms with E-state index < -0.39 is 9.84 Å². The van der Waals surface area contributed by atoms with Gasteiger partial charge >= 0.3 is 0 Å². The SMILES string of the molecule is CC1(C)CCN(CCC2CS(=O)(=O)CCN2)CCS1. The number of thioether (sulfide) groups is 1. The molecule has 19 heavy (non-hydrogen) atoms. The number of rotatable bonds is 3. The second-order valence-corrected chi connectivity index (χ2v) is 10.3. The summed E-state index contributed by atoms with van der Waals surface area (Å²) in [4.78, 5) is 2.49. The van der Waals surface area contributed by atoms with E-state index in [1.165, 1.54) is 12.2 Å². The summed E-state index contributed by atoms with van der Waals surface area (Å²) in [6.07, 6.45) is 2.17. The first kappa shape index (κ1) is 15.6. The molecule has 0 aromatic rings. The minimum atomic E-state index is -2.80. The Kier molecular flexibility index (Phi) is 5.20. The standard InChI is InChI=1S/C13H26N2O2S2/c1-13(2)4-7-15(8-9-18-13)6-3-12-11-19(16,17)10-5-14-12/h12,14H,3-11H2,1-2H3. The van der Waals surface area contributed by atoms with Crippen molar-refractivity contribution in [2.24, 2.45) is 0 Å². The van der Waals surface area contributed by atoms with Gasteiger partial charge in [-0.25, -0.2) is 8.42 Å². The zero-order chi connectivity index (χ0) is 13.9. The summed E-state index contributed by atoms with van der Waals surface area (Å²) in [5, 5.41) is 3.34. The molecular formula is C13H26N2O2S2. The molecule has 2 rings (SSSR count). The zero-order valence-corrected chi connectivity index (χ0v) is 13.7. The molecule has 0 aromatic carbocycles. The van der Waals surface area contributed by atoms with Crippen LogP contribution in [0.1, 0.15) is 26.7 Å². The molecule has 1 atom stereocenters. The van der Waals surface area contributed by atoms with Crippen molar-refractivity contribution in [2.75, 3.05) is 43.4 Å². The lowest BCUT2D eigenvalue weighted by molar-refractivity contribution is 0.268. The molecule has 2 heterocycles. The van der Waals surface area contributed by atoms with E-state index in [2.05, 4.69) is 35.8 Å². The van der Waals surface area contributed by atoms with E-state index in [0.717, 1.165) is 26.1 Å². The number of hydrogen-bond donors (Lipinski definition) is 1. The molecule has 0 aliphatic carbocycles. The van der Waals surface area contributed by atoms with Crippen LogP contribution in [0.2, 0.25) is 0 Å². The Labute approximate surface area is 121 Å². The van der Waals surface area contributed by atoms with Crippen LogP contribution >= 0.6 is 11.8 Å². The van der Waals surface area contributed by atoms with Gasteiger partial charge in [0.15, 0.2) is 9.84 Å². The van der Waals surface area contributed by atoms with E-state index in [9.17, 15) is 8.42 Å². The molecule has 6 heteroatoms. The highest BCUT2D eigenvalue weighted by Crippen LogP contribution is 2.30. The van der Waals surface area contributed by atoms with Crippen LogP contribution in [0.25, 0.3) is 0 Å². The third kappa shape index (κ3) is 5.25. The molecule has 0 saturated carbocycles. The molecule has 1 N–H and O–H groups in total. The van der Waals surface area contributed by atoms with E-state index in [4.69, 9.17) is 0 Å². The van der Waals surface area contributed by atoms with Gasteiger partial charge in [0.25, 0.3) is 0 Å². The minimum Gasteiger partial charge on any atom is -0.312 e. The summed E-state index contributed by atoms with van der Waals surface area (Å²) in [5.41, 5.74) is 0. The van der Waals surface area contributed by atoms with Crippen molar-refractivity contribution in [1.82, 2.24) is 10.2 Å². The van der Waals surface area contributed by atoms with E-state index >= 15 is 0 Å². The topological polar surface area (TPSA) is 49.4 Å². The van der Waals surface area contributed by atoms with E-state index in [1.807, 2.05) is 0 Å². The maximum absolute atomic E-state index is 11.6. The molecule has 2 fully saturated rings. The average molecular weight is 306 g/mol. The second kappa shape index (κ2) is 6.33. The summed E-state index contributed by atoms with van der Waals surface area (Å²) < 4.78 is 23.6. The van der Waals surface area contributed by atoms with E-state index in [0.29, 0.717) is 22.8 Å². The number of hydrogen-bond acceptors (Lipinski definition) is 5. The van der Waals surface area contributed by atoms with Crippen LogP contribution in [0.3, 0.4) is 0 Å². The largest absolute Gasteiger partial charge is 0.312 e. The van der Waals surface area contributed by atoms with Crippen LogP contribution in [0.4, 0.5) is 0 Å². The fraction of sp³-hybridized carbons (Fsp3) is 1.00. The molecule has 4 nitrogen and oxygen atoms in total. The first-order valence-corrected chi connectivity index (χ1v) is 9.97. The normalized spacial score (nSPS) is 31.8. The van der Waals surface area contributed by atoms with Gasteiger partial charge in [0, 0.05) is 29.6 Å². The van der Waals surface area contributed by atoms with Crippen molar-refractivity contribution in [3.63, 3.8) is 0 Å². The monoisotopic (exact) mass is 306 g/mol. The highest BCUT2D eigenvalue weighted by Gasteiger charge is 2.26. The van der Waals surface area contributed by atoms with Crippen molar-refractivity contribution < 1.29 is 8.42 Å². The maximum Gasteiger partial charge on any atom is 0.153 e. The molecule has 0 spiro atoms. The van der Waals surface area contributed by atoms with E-state index in [-0.39, 0.29) is 6.04 Å². The summed E-state index contributed by atoms with van der Waals surface area (Å²) in [6.45, 7) is 8.54. The van der Waals surface area contributed by atoms with Gasteiger partial charge in [0.2, 0.25) is 0 Å². The van der Waals surface area contributed by atoms with Gasteiger partial charge in [-0.1, -0.05) is 13.8 Å². The van der Waals surface area contributed by atoms with Gasteiger partial charge in [0.05, 0.1) is 11.5 Å². The van der Waals surface area contributed by atoms with Crippen LogP contribution in [0.15, 0.2) is 0 Å². The zero-order valence-electron chi connectivity index (χ0n) is 12.0. The van der Waals surface area contributed by atoms with Gasteiger partial charge in [-0.15, -0.1) is 0 Å². The smallest absolute Gasteiger partial charge is 0.153 e. The fourth-order valence-electron chi connectivity index (χ4n) is 2.68. The Hall–Kier alpha value is 0.220. The third-order valence-electron chi connectivity index (χ3n) is 4.03. The van der Waals surface area contributed by atoms with Crippen LogP contribution in [-0.2, 0) is 9.84 Å². The molecule has 112 valence electrons. The molecule has 0 radical (unpaired) electrons. The molecule has 1 unspecified atom stereocenters. The Morgan fingerprint density at radius 1 is 1.37 bits per heavy atom. The number of nitrogens with zero attached hydrogens (tertiary/aromatic N) is 1. The first-order chi connectivity index (χ1) is 8.86. The Morgan fingerprint density at radius 2 is 2.16 bits per heavy atom. The lowest BCUT2D eigenvalue weighted by atomic mass is 10.1. The molecule has 2 aliphatic rings. The maximum atomic E-state index is 11.6. The minimum absolute atomic E-state index is 0.155. The molecule has 0 aromatic heterocycles. The van der Waals surface area contributed by atoms with Gasteiger partial charge in [-0.05, 0) is 25.9 Å². The highest BCUT2D eigenvalue weighted by molar-refractivity contribution is 8.00. The second-order valence-electron chi connectivity index (χ2n) is 6.25. The third-order valence-corrected chi connectivity index (χ3v) is 7.13.